The Morgan fingerprint density at radius 1 is 1.04 bits per heavy atom. The predicted octanol–water partition coefficient (Wildman–Crippen LogP) is 4.87. The Labute approximate surface area is 136 Å². The molecular weight excluding hydrogens is 323 g/mol. The lowest BCUT2D eigenvalue weighted by Crippen LogP contribution is -2.37. The summed E-state index contributed by atoms with van der Waals surface area (Å²) in [4.78, 5) is 13.9. The molecule has 2 aromatic rings. The number of thioether (sulfide) groups is 1. The van der Waals surface area contributed by atoms with Crippen LogP contribution < -0.4 is 4.90 Å². The Morgan fingerprint density at radius 3 is 2.48 bits per heavy atom. The molecule has 1 aliphatic heterocycles. The van der Waals surface area contributed by atoms with Gasteiger partial charge >= 0.3 is 6.18 Å². The van der Waals surface area contributed by atoms with Crippen molar-refractivity contribution in [2.75, 3.05) is 10.7 Å². The van der Waals surface area contributed by atoms with Crippen LogP contribution in [0.4, 0.5) is 18.9 Å². The Balaban J connectivity index is 2.01. The third-order valence-corrected chi connectivity index (χ3v) is 4.87. The van der Waals surface area contributed by atoms with Crippen LogP contribution in [0.3, 0.4) is 0 Å². The van der Waals surface area contributed by atoms with Crippen molar-refractivity contribution in [3.05, 3.63) is 65.7 Å². The van der Waals surface area contributed by atoms with Crippen molar-refractivity contribution in [2.24, 2.45) is 0 Å². The molecule has 0 radical (unpaired) electrons. The fraction of sp³-hybridized carbons (Fsp3) is 0.235. The second-order valence-electron chi connectivity index (χ2n) is 5.20. The highest BCUT2D eigenvalue weighted by Gasteiger charge is 2.34. The van der Waals surface area contributed by atoms with E-state index in [4.69, 9.17) is 0 Å². The van der Waals surface area contributed by atoms with Crippen LogP contribution >= 0.6 is 11.8 Å². The second-order valence-corrected chi connectivity index (χ2v) is 6.38. The average Bonchev–Trinajstić information content (AvgIpc) is 2.55. The van der Waals surface area contributed by atoms with E-state index < -0.39 is 17.1 Å². The van der Waals surface area contributed by atoms with Gasteiger partial charge in [0.1, 0.15) is 5.37 Å². The SMILES string of the molecule is O=C1CCSC(c2cccc(C(F)(F)F)c2)N1c1ccccc1. The number of para-hydroxylation sites is 1. The highest BCUT2D eigenvalue weighted by Crippen LogP contribution is 2.41. The zero-order chi connectivity index (χ0) is 16.4. The number of amides is 1. The summed E-state index contributed by atoms with van der Waals surface area (Å²) in [6, 6.07) is 14.3. The number of nitrogens with zero attached hydrogens (tertiary/aromatic N) is 1. The van der Waals surface area contributed by atoms with Gasteiger partial charge in [-0.25, -0.2) is 0 Å². The zero-order valence-corrected chi connectivity index (χ0v) is 12.9. The summed E-state index contributed by atoms with van der Waals surface area (Å²) in [5, 5.41) is -0.444. The topological polar surface area (TPSA) is 20.3 Å². The van der Waals surface area contributed by atoms with Gasteiger partial charge in [-0.1, -0.05) is 30.3 Å². The summed E-state index contributed by atoms with van der Waals surface area (Å²) in [5.74, 6) is 0.528. The molecule has 2 nitrogen and oxygen atoms in total. The van der Waals surface area contributed by atoms with Crippen molar-refractivity contribution in [3.8, 4) is 0 Å². The van der Waals surface area contributed by atoms with Crippen LogP contribution in [0.1, 0.15) is 22.9 Å². The van der Waals surface area contributed by atoms with Crippen molar-refractivity contribution in [3.63, 3.8) is 0 Å². The monoisotopic (exact) mass is 337 g/mol. The van der Waals surface area contributed by atoms with E-state index in [1.165, 1.54) is 17.8 Å². The number of rotatable bonds is 2. The van der Waals surface area contributed by atoms with Crippen LogP contribution in [0, 0.1) is 0 Å². The maximum absolute atomic E-state index is 12.9. The number of hydrogen-bond acceptors (Lipinski definition) is 2. The number of halogens is 3. The van der Waals surface area contributed by atoms with E-state index in [2.05, 4.69) is 0 Å². The standard InChI is InChI=1S/C17H14F3NOS/c18-17(19,20)13-6-4-5-12(11-13)16-21(15(22)9-10-23-16)14-7-2-1-3-8-14/h1-8,11,16H,9-10H2. The van der Waals surface area contributed by atoms with Crippen molar-refractivity contribution in [2.45, 2.75) is 18.0 Å². The van der Waals surface area contributed by atoms with Crippen LogP contribution in [0.25, 0.3) is 0 Å². The quantitative estimate of drug-likeness (QED) is 0.779. The molecule has 0 N–H and O–H groups in total. The van der Waals surface area contributed by atoms with Crippen LogP contribution in [0.2, 0.25) is 0 Å². The fourth-order valence-corrected chi connectivity index (χ4v) is 3.81. The van der Waals surface area contributed by atoms with Crippen molar-refractivity contribution in [1.29, 1.82) is 0 Å². The summed E-state index contributed by atoms with van der Waals surface area (Å²) in [6.45, 7) is 0. The Morgan fingerprint density at radius 2 is 1.78 bits per heavy atom. The van der Waals surface area contributed by atoms with Gasteiger partial charge in [0.2, 0.25) is 5.91 Å². The number of hydrogen-bond donors (Lipinski definition) is 0. The van der Waals surface area contributed by atoms with E-state index in [1.807, 2.05) is 18.2 Å². The molecule has 6 heteroatoms. The van der Waals surface area contributed by atoms with Crippen molar-refractivity contribution < 1.29 is 18.0 Å². The number of carbonyl (C=O) groups excluding carboxylic acids is 1. The first-order valence-corrected chi connectivity index (χ1v) is 8.17. The first-order chi connectivity index (χ1) is 11.0. The van der Waals surface area contributed by atoms with E-state index >= 15 is 0 Å². The number of anilines is 1. The van der Waals surface area contributed by atoms with Gasteiger partial charge < -0.3 is 0 Å². The molecular formula is C17H14F3NOS. The molecule has 0 saturated carbocycles. The van der Waals surface area contributed by atoms with Crippen LogP contribution in [0.5, 0.6) is 0 Å². The lowest BCUT2D eigenvalue weighted by atomic mass is 10.1. The lowest BCUT2D eigenvalue weighted by molar-refractivity contribution is -0.137. The van der Waals surface area contributed by atoms with Gasteiger partial charge in [0, 0.05) is 17.9 Å². The largest absolute Gasteiger partial charge is 0.416 e. The molecule has 1 unspecified atom stereocenters. The van der Waals surface area contributed by atoms with Crippen LogP contribution in [0.15, 0.2) is 54.6 Å². The van der Waals surface area contributed by atoms with Crippen LogP contribution in [-0.2, 0) is 11.0 Å². The molecule has 0 spiro atoms. The molecule has 1 heterocycles. The molecule has 0 aromatic heterocycles. The van der Waals surface area contributed by atoms with E-state index in [0.29, 0.717) is 23.4 Å². The van der Waals surface area contributed by atoms with Gasteiger partial charge in [-0.2, -0.15) is 13.2 Å². The molecule has 1 atom stereocenters. The fourth-order valence-electron chi connectivity index (χ4n) is 2.57. The summed E-state index contributed by atoms with van der Waals surface area (Å²) in [7, 11) is 0. The smallest absolute Gasteiger partial charge is 0.296 e. The Kier molecular flexibility index (Phi) is 4.35. The third-order valence-electron chi connectivity index (χ3n) is 3.63. The molecule has 1 aliphatic rings. The molecule has 0 aliphatic carbocycles. The second kappa shape index (κ2) is 6.28. The normalized spacial score (nSPS) is 19.0. The minimum atomic E-state index is -4.39. The van der Waals surface area contributed by atoms with Gasteiger partial charge in [0.15, 0.2) is 0 Å². The average molecular weight is 337 g/mol. The van der Waals surface area contributed by atoms with Crippen LogP contribution in [-0.4, -0.2) is 11.7 Å². The molecule has 1 saturated heterocycles. The Hall–Kier alpha value is -1.95. The maximum atomic E-state index is 12.9. The lowest BCUT2D eigenvalue weighted by Gasteiger charge is -2.35. The van der Waals surface area contributed by atoms with Gasteiger partial charge in [0.05, 0.1) is 5.56 Å². The zero-order valence-electron chi connectivity index (χ0n) is 12.1. The molecule has 23 heavy (non-hydrogen) atoms. The summed E-state index contributed by atoms with van der Waals surface area (Å²) in [6.07, 6.45) is -4.01. The van der Waals surface area contributed by atoms with E-state index in [0.717, 1.165) is 12.1 Å². The van der Waals surface area contributed by atoms with Gasteiger partial charge in [0.25, 0.3) is 0 Å². The van der Waals surface area contributed by atoms with E-state index in [-0.39, 0.29) is 5.91 Å². The first-order valence-electron chi connectivity index (χ1n) is 7.13. The van der Waals surface area contributed by atoms with Gasteiger partial charge in [-0.05, 0) is 29.8 Å². The highest BCUT2D eigenvalue weighted by atomic mass is 32.2. The molecule has 120 valence electrons. The predicted molar refractivity (Wildman–Crippen MR) is 85.2 cm³/mol. The van der Waals surface area contributed by atoms with Gasteiger partial charge in [-0.15, -0.1) is 11.8 Å². The molecule has 1 fully saturated rings. The summed E-state index contributed by atoms with van der Waals surface area (Å²) in [5.41, 5.74) is 0.496. The van der Waals surface area contributed by atoms with Crippen molar-refractivity contribution in [1.82, 2.24) is 0 Å². The van der Waals surface area contributed by atoms with Gasteiger partial charge in [-0.3, -0.25) is 9.69 Å². The molecule has 2 aromatic carbocycles. The maximum Gasteiger partial charge on any atom is 0.416 e. The summed E-state index contributed by atoms with van der Waals surface area (Å²) < 4.78 is 38.8. The number of alkyl halides is 3. The summed E-state index contributed by atoms with van der Waals surface area (Å²) >= 11 is 1.48. The molecule has 1 amide bonds. The number of carbonyl (C=O) groups is 1. The van der Waals surface area contributed by atoms with E-state index in [9.17, 15) is 18.0 Å². The molecule has 0 bridgehead atoms. The molecule has 3 rings (SSSR count). The minimum absolute atomic E-state index is 0.0719. The highest BCUT2D eigenvalue weighted by molar-refractivity contribution is 7.99. The van der Waals surface area contributed by atoms with Crippen molar-refractivity contribution >= 4 is 23.4 Å². The first kappa shape index (κ1) is 15.9. The van der Waals surface area contributed by atoms with E-state index in [1.54, 1.807) is 23.1 Å². The third kappa shape index (κ3) is 3.37. The minimum Gasteiger partial charge on any atom is -0.296 e. The number of benzene rings is 2. The Bertz CT molecular complexity index is 702.